The zero-order valence-corrected chi connectivity index (χ0v) is 13.7. The molecule has 120 valence electrons. The average Bonchev–Trinajstić information content (AvgIpc) is 2.46. The van der Waals surface area contributed by atoms with Crippen molar-refractivity contribution in [3.63, 3.8) is 0 Å². The van der Waals surface area contributed by atoms with Crippen LogP contribution in [-0.4, -0.2) is 52.9 Å². The Bertz CT molecular complexity index is 582. The predicted octanol–water partition coefficient (Wildman–Crippen LogP) is 1.99. The lowest BCUT2D eigenvalue weighted by Crippen LogP contribution is -2.50. The van der Waals surface area contributed by atoms with Gasteiger partial charge in [0.15, 0.2) is 0 Å². The number of phenolic OH excluding ortho intramolecular Hbond substituents is 1. The first kappa shape index (κ1) is 16.3. The summed E-state index contributed by atoms with van der Waals surface area (Å²) in [6.45, 7) is 9.80. The quantitative estimate of drug-likeness (QED) is 0.863. The summed E-state index contributed by atoms with van der Waals surface area (Å²) in [6, 6.07) is 5.01. The molecule has 1 heterocycles. The van der Waals surface area contributed by atoms with E-state index in [1.54, 1.807) is 34.9 Å². The maximum absolute atomic E-state index is 12.6. The third kappa shape index (κ3) is 3.40. The van der Waals surface area contributed by atoms with Crippen molar-refractivity contribution in [2.45, 2.75) is 33.1 Å². The molecular formula is C17H24N2O3. The normalized spacial score (nSPS) is 15.8. The van der Waals surface area contributed by atoms with Crippen LogP contribution < -0.4 is 0 Å². The fourth-order valence-corrected chi connectivity index (χ4v) is 2.68. The molecule has 0 unspecified atom stereocenters. The Kier molecular flexibility index (Phi) is 4.44. The van der Waals surface area contributed by atoms with E-state index in [9.17, 15) is 14.7 Å². The SMILES string of the molecule is CC(=O)N1CCN(C(=O)c2ccc(O)c(C(C)(C)C)c2)CC1. The summed E-state index contributed by atoms with van der Waals surface area (Å²) in [7, 11) is 0. The molecule has 22 heavy (non-hydrogen) atoms. The topological polar surface area (TPSA) is 60.9 Å². The summed E-state index contributed by atoms with van der Waals surface area (Å²) < 4.78 is 0. The Labute approximate surface area is 131 Å². The van der Waals surface area contributed by atoms with Gasteiger partial charge in [-0.1, -0.05) is 20.8 Å². The maximum Gasteiger partial charge on any atom is 0.253 e. The second-order valence-electron chi connectivity index (χ2n) is 6.78. The van der Waals surface area contributed by atoms with E-state index < -0.39 is 0 Å². The van der Waals surface area contributed by atoms with E-state index in [1.807, 2.05) is 20.8 Å². The fraction of sp³-hybridized carbons (Fsp3) is 0.529. The van der Waals surface area contributed by atoms with Gasteiger partial charge in [0.05, 0.1) is 0 Å². The highest BCUT2D eigenvalue weighted by molar-refractivity contribution is 5.95. The highest BCUT2D eigenvalue weighted by atomic mass is 16.3. The number of aromatic hydroxyl groups is 1. The van der Waals surface area contributed by atoms with E-state index in [-0.39, 0.29) is 23.0 Å². The first-order chi connectivity index (χ1) is 10.2. The van der Waals surface area contributed by atoms with Crippen LogP contribution in [0.25, 0.3) is 0 Å². The number of hydrogen-bond acceptors (Lipinski definition) is 3. The molecule has 0 saturated carbocycles. The Morgan fingerprint density at radius 3 is 2.09 bits per heavy atom. The van der Waals surface area contributed by atoms with Crippen LogP contribution in [0.1, 0.15) is 43.6 Å². The van der Waals surface area contributed by atoms with Gasteiger partial charge >= 0.3 is 0 Å². The zero-order chi connectivity index (χ0) is 16.5. The molecule has 2 amide bonds. The molecule has 5 heteroatoms. The number of carbonyl (C=O) groups excluding carboxylic acids is 2. The molecule has 1 saturated heterocycles. The lowest BCUT2D eigenvalue weighted by atomic mass is 9.85. The van der Waals surface area contributed by atoms with Gasteiger partial charge in [0.1, 0.15) is 5.75 Å². The van der Waals surface area contributed by atoms with E-state index in [0.717, 1.165) is 5.56 Å². The average molecular weight is 304 g/mol. The van der Waals surface area contributed by atoms with Crippen molar-refractivity contribution >= 4 is 11.8 Å². The highest BCUT2D eigenvalue weighted by Gasteiger charge is 2.25. The monoisotopic (exact) mass is 304 g/mol. The summed E-state index contributed by atoms with van der Waals surface area (Å²) in [5.41, 5.74) is 1.12. The lowest BCUT2D eigenvalue weighted by molar-refractivity contribution is -0.130. The van der Waals surface area contributed by atoms with Crippen molar-refractivity contribution < 1.29 is 14.7 Å². The van der Waals surface area contributed by atoms with Crippen LogP contribution in [0.5, 0.6) is 5.75 Å². The molecule has 0 radical (unpaired) electrons. The zero-order valence-electron chi connectivity index (χ0n) is 13.7. The van der Waals surface area contributed by atoms with Gasteiger partial charge in [-0.2, -0.15) is 0 Å². The number of hydrogen-bond donors (Lipinski definition) is 1. The summed E-state index contributed by atoms with van der Waals surface area (Å²) in [5.74, 6) is 0.214. The first-order valence-corrected chi connectivity index (χ1v) is 7.58. The van der Waals surface area contributed by atoms with Gasteiger partial charge in [-0.15, -0.1) is 0 Å². The molecular weight excluding hydrogens is 280 g/mol. The standard InChI is InChI=1S/C17H24N2O3/c1-12(20)18-7-9-19(10-8-18)16(22)13-5-6-15(21)14(11-13)17(2,3)4/h5-6,11,21H,7-10H2,1-4H3. The van der Waals surface area contributed by atoms with E-state index in [0.29, 0.717) is 31.7 Å². The van der Waals surface area contributed by atoms with E-state index in [2.05, 4.69) is 0 Å². The molecule has 0 bridgehead atoms. The van der Waals surface area contributed by atoms with Gasteiger partial charge in [-0.05, 0) is 23.6 Å². The van der Waals surface area contributed by atoms with Gasteiger partial charge in [-0.3, -0.25) is 9.59 Å². The number of nitrogens with zero attached hydrogens (tertiary/aromatic N) is 2. The third-order valence-corrected chi connectivity index (χ3v) is 4.06. The minimum Gasteiger partial charge on any atom is -0.508 e. The van der Waals surface area contributed by atoms with Crippen molar-refractivity contribution in [2.75, 3.05) is 26.2 Å². The molecule has 1 aliphatic heterocycles. The number of phenols is 1. The second kappa shape index (κ2) is 5.99. The molecule has 1 N–H and O–H groups in total. The molecule has 5 nitrogen and oxygen atoms in total. The Balaban J connectivity index is 2.16. The molecule has 0 atom stereocenters. The van der Waals surface area contributed by atoms with Crippen LogP contribution in [0, 0.1) is 0 Å². The molecule has 0 spiro atoms. The minimum atomic E-state index is -0.228. The summed E-state index contributed by atoms with van der Waals surface area (Å²) in [4.78, 5) is 27.5. The molecule has 1 fully saturated rings. The van der Waals surface area contributed by atoms with Gasteiger partial charge in [0.25, 0.3) is 5.91 Å². The number of rotatable bonds is 1. The summed E-state index contributed by atoms with van der Waals surface area (Å²) in [5, 5.41) is 9.99. The van der Waals surface area contributed by atoms with Gasteiger partial charge < -0.3 is 14.9 Å². The summed E-state index contributed by atoms with van der Waals surface area (Å²) >= 11 is 0. The van der Waals surface area contributed by atoms with Crippen molar-refractivity contribution in [1.82, 2.24) is 9.80 Å². The number of amides is 2. The van der Waals surface area contributed by atoms with Crippen LogP contribution in [0.3, 0.4) is 0 Å². The van der Waals surface area contributed by atoms with E-state index in [4.69, 9.17) is 0 Å². The van der Waals surface area contributed by atoms with Gasteiger partial charge in [0.2, 0.25) is 5.91 Å². The van der Waals surface area contributed by atoms with E-state index >= 15 is 0 Å². The second-order valence-corrected chi connectivity index (χ2v) is 6.78. The van der Waals surface area contributed by atoms with E-state index in [1.165, 1.54) is 0 Å². The fourth-order valence-electron chi connectivity index (χ4n) is 2.68. The number of benzene rings is 1. The van der Waals surface area contributed by atoms with Crippen LogP contribution in [0.15, 0.2) is 18.2 Å². The maximum atomic E-state index is 12.6. The Morgan fingerprint density at radius 2 is 1.59 bits per heavy atom. The Morgan fingerprint density at radius 1 is 1.05 bits per heavy atom. The number of carbonyl (C=O) groups is 2. The minimum absolute atomic E-state index is 0.0475. The molecule has 1 aromatic carbocycles. The molecule has 1 aliphatic rings. The van der Waals surface area contributed by atoms with Crippen LogP contribution in [0.4, 0.5) is 0 Å². The highest BCUT2D eigenvalue weighted by Crippen LogP contribution is 2.31. The van der Waals surface area contributed by atoms with Gasteiger partial charge in [0, 0.05) is 44.2 Å². The van der Waals surface area contributed by atoms with Crippen LogP contribution >= 0.6 is 0 Å². The molecule has 2 rings (SSSR count). The van der Waals surface area contributed by atoms with Crippen molar-refractivity contribution in [3.05, 3.63) is 29.3 Å². The summed E-state index contributed by atoms with van der Waals surface area (Å²) in [6.07, 6.45) is 0. The smallest absolute Gasteiger partial charge is 0.253 e. The predicted molar refractivity (Wildman–Crippen MR) is 85.0 cm³/mol. The first-order valence-electron chi connectivity index (χ1n) is 7.58. The largest absolute Gasteiger partial charge is 0.508 e. The number of piperazine rings is 1. The van der Waals surface area contributed by atoms with Crippen molar-refractivity contribution in [3.8, 4) is 5.75 Å². The molecule has 0 aliphatic carbocycles. The van der Waals surface area contributed by atoms with Crippen LogP contribution in [-0.2, 0) is 10.2 Å². The van der Waals surface area contributed by atoms with Crippen LogP contribution in [0.2, 0.25) is 0 Å². The Hall–Kier alpha value is -2.04. The third-order valence-electron chi connectivity index (χ3n) is 4.06. The lowest BCUT2D eigenvalue weighted by Gasteiger charge is -2.34. The van der Waals surface area contributed by atoms with Crippen molar-refractivity contribution in [2.24, 2.45) is 0 Å². The molecule has 1 aromatic rings. The molecule has 0 aromatic heterocycles. The van der Waals surface area contributed by atoms with Crippen molar-refractivity contribution in [1.29, 1.82) is 0 Å². The van der Waals surface area contributed by atoms with Gasteiger partial charge in [-0.25, -0.2) is 0 Å².